The van der Waals surface area contributed by atoms with Gasteiger partial charge in [-0.3, -0.25) is 0 Å². The first-order valence-corrected chi connectivity index (χ1v) is 5.83. The lowest BCUT2D eigenvalue weighted by molar-refractivity contribution is 0.482. The van der Waals surface area contributed by atoms with E-state index < -0.39 is 0 Å². The number of thiazole rings is 1. The van der Waals surface area contributed by atoms with Crippen LogP contribution in [0.3, 0.4) is 0 Å². The van der Waals surface area contributed by atoms with E-state index in [1.165, 1.54) is 11.3 Å². The van der Waals surface area contributed by atoms with E-state index in [4.69, 9.17) is 17.3 Å². The fourth-order valence-electron chi connectivity index (χ4n) is 1.79. The van der Waals surface area contributed by atoms with Crippen LogP contribution >= 0.6 is 22.9 Å². The number of anilines is 1. The van der Waals surface area contributed by atoms with Crippen molar-refractivity contribution < 1.29 is 5.11 Å². The van der Waals surface area contributed by atoms with Gasteiger partial charge < -0.3 is 10.8 Å². The number of fused-ring (bicyclic) bond motifs is 3. The van der Waals surface area contributed by atoms with Gasteiger partial charge in [-0.15, -0.1) is 0 Å². The molecule has 0 saturated carbocycles. The first-order chi connectivity index (χ1) is 7.68. The molecule has 3 rings (SSSR count). The third-order valence-corrected chi connectivity index (χ3v) is 3.87. The van der Waals surface area contributed by atoms with Crippen molar-refractivity contribution in [3.05, 3.63) is 29.3 Å². The minimum Gasteiger partial charge on any atom is -0.506 e. The second kappa shape index (κ2) is 3.23. The lowest BCUT2D eigenvalue weighted by Crippen LogP contribution is -1.81. The number of nitrogen functional groups attached to an aromatic ring is 1. The second-order valence-electron chi connectivity index (χ2n) is 3.44. The van der Waals surface area contributed by atoms with Crippen LogP contribution in [0.4, 0.5) is 5.13 Å². The Morgan fingerprint density at radius 1 is 1.25 bits per heavy atom. The van der Waals surface area contributed by atoms with E-state index in [-0.39, 0.29) is 5.75 Å². The SMILES string of the molecule is Nc1nc2c(s1)c(Cl)c(O)c1ccccc12. The number of halogens is 1. The highest BCUT2D eigenvalue weighted by Gasteiger charge is 2.15. The fourth-order valence-corrected chi connectivity index (χ4v) is 2.88. The molecule has 0 unspecified atom stereocenters. The van der Waals surface area contributed by atoms with Crippen LogP contribution in [0.15, 0.2) is 24.3 Å². The Hall–Kier alpha value is -1.52. The van der Waals surface area contributed by atoms with Gasteiger partial charge in [0.25, 0.3) is 0 Å². The number of hydrogen-bond acceptors (Lipinski definition) is 4. The molecule has 1 heterocycles. The number of phenolic OH excluding ortho intramolecular Hbond substituents is 1. The van der Waals surface area contributed by atoms with E-state index in [0.717, 1.165) is 15.6 Å². The Bertz CT molecular complexity index is 708. The predicted octanol–water partition coefficient (Wildman–Crippen LogP) is 3.39. The monoisotopic (exact) mass is 250 g/mol. The first-order valence-electron chi connectivity index (χ1n) is 4.63. The van der Waals surface area contributed by atoms with Crippen molar-refractivity contribution in [2.24, 2.45) is 0 Å². The van der Waals surface area contributed by atoms with Crippen LogP contribution in [0, 0.1) is 0 Å². The molecule has 16 heavy (non-hydrogen) atoms. The summed E-state index contributed by atoms with van der Waals surface area (Å²) in [4.78, 5) is 4.24. The van der Waals surface area contributed by atoms with Crippen LogP contribution in [0.5, 0.6) is 5.75 Å². The van der Waals surface area contributed by atoms with Gasteiger partial charge in [0, 0.05) is 10.8 Å². The molecular formula is C11H7ClN2OS. The summed E-state index contributed by atoms with van der Waals surface area (Å²) in [5.41, 5.74) is 6.42. The lowest BCUT2D eigenvalue weighted by Gasteiger charge is -2.03. The minimum absolute atomic E-state index is 0.0911. The fraction of sp³-hybridized carbons (Fsp3) is 0. The summed E-state index contributed by atoms with van der Waals surface area (Å²) < 4.78 is 0.732. The third kappa shape index (κ3) is 1.17. The summed E-state index contributed by atoms with van der Waals surface area (Å²) in [6, 6.07) is 7.45. The van der Waals surface area contributed by atoms with E-state index in [1.54, 1.807) is 0 Å². The first kappa shape index (κ1) is 9.69. The summed E-state index contributed by atoms with van der Waals surface area (Å²) in [7, 11) is 0. The van der Waals surface area contributed by atoms with E-state index in [0.29, 0.717) is 15.5 Å². The zero-order valence-electron chi connectivity index (χ0n) is 8.07. The molecule has 0 aliphatic rings. The molecule has 0 atom stereocenters. The third-order valence-electron chi connectivity index (χ3n) is 2.49. The van der Waals surface area contributed by atoms with E-state index in [9.17, 15) is 5.11 Å². The van der Waals surface area contributed by atoms with Gasteiger partial charge in [-0.05, 0) is 0 Å². The van der Waals surface area contributed by atoms with Crippen LogP contribution < -0.4 is 5.73 Å². The highest BCUT2D eigenvalue weighted by molar-refractivity contribution is 7.22. The maximum absolute atomic E-state index is 9.97. The maximum atomic E-state index is 9.97. The average Bonchev–Trinajstić information content (AvgIpc) is 2.68. The number of aromatic hydroxyl groups is 1. The van der Waals surface area contributed by atoms with Crippen molar-refractivity contribution in [2.75, 3.05) is 5.73 Å². The van der Waals surface area contributed by atoms with Gasteiger partial charge in [0.05, 0.1) is 10.2 Å². The normalized spacial score (nSPS) is 11.3. The van der Waals surface area contributed by atoms with Gasteiger partial charge >= 0.3 is 0 Å². The molecule has 0 amide bonds. The summed E-state index contributed by atoms with van der Waals surface area (Å²) in [6.45, 7) is 0. The van der Waals surface area contributed by atoms with Gasteiger partial charge in [0.2, 0.25) is 0 Å². The Morgan fingerprint density at radius 3 is 2.69 bits per heavy atom. The van der Waals surface area contributed by atoms with Crippen molar-refractivity contribution in [3.8, 4) is 5.75 Å². The maximum Gasteiger partial charge on any atom is 0.181 e. The number of nitrogens with two attached hydrogens (primary N) is 1. The molecule has 5 heteroatoms. The van der Waals surface area contributed by atoms with Crippen molar-refractivity contribution in [1.82, 2.24) is 4.98 Å². The Balaban J connectivity index is 2.67. The quantitative estimate of drug-likeness (QED) is 0.643. The minimum atomic E-state index is 0.0911. The van der Waals surface area contributed by atoms with E-state index in [1.807, 2.05) is 24.3 Å². The highest BCUT2D eigenvalue weighted by atomic mass is 35.5. The number of phenols is 1. The Kier molecular flexibility index (Phi) is 1.96. The Morgan fingerprint density at radius 2 is 1.94 bits per heavy atom. The Labute approximate surface area is 100 Å². The average molecular weight is 251 g/mol. The summed E-state index contributed by atoms with van der Waals surface area (Å²) in [5.74, 6) is 0.0911. The molecule has 0 spiro atoms. The molecule has 0 saturated heterocycles. The molecule has 1 aromatic heterocycles. The molecule has 0 radical (unpaired) electrons. The largest absolute Gasteiger partial charge is 0.506 e. The predicted molar refractivity (Wildman–Crippen MR) is 68.2 cm³/mol. The zero-order chi connectivity index (χ0) is 11.3. The number of rotatable bonds is 0. The molecule has 3 aromatic rings. The second-order valence-corrected chi connectivity index (χ2v) is 4.85. The van der Waals surface area contributed by atoms with Crippen molar-refractivity contribution in [3.63, 3.8) is 0 Å². The topological polar surface area (TPSA) is 59.1 Å². The molecule has 80 valence electrons. The zero-order valence-corrected chi connectivity index (χ0v) is 9.64. The van der Waals surface area contributed by atoms with Crippen molar-refractivity contribution >= 4 is 49.1 Å². The number of benzene rings is 2. The molecular weight excluding hydrogens is 244 g/mol. The van der Waals surface area contributed by atoms with Crippen LogP contribution in [0.1, 0.15) is 0 Å². The van der Waals surface area contributed by atoms with Gasteiger partial charge in [-0.25, -0.2) is 4.98 Å². The van der Waals surface area contributed by atoms with Crippen molar-refractivity contribution in [1.29, 1.82) is 0 Å². The van der Waals surface area contributed by atoms with Gasteiger partial charge in [-0.2, -0.15) is 0 Å². The standard InChI is InChI=1S/C11H7ClN2OS/c12-7-9(15)6-4-2-1-3-5(6)8-10(7)16-11(13)14-8/h1-4,15H,(H2,13,14). The molecule has 2 aromatic carbocycles. The summed E-state index contributed by atoms with van der Waals surface area (Å²) in [5, 5.41) is 12.3. The van der Waals surface area contributed by atoms with E-state index >= 15 is 0 Å². The molecule has 0 bridgehead atoms. The molecule has 3 N–H and O–H groups in total. The van der Waals surface area contributed by atoms with Gasteiger partial charge in [0.1, 0.15) is 10.8 Å². The smallest absolute Gasteiger partial charge is 0.181 e. The number of hydrogen-bond donors (Lipinski definition) is 2. The molecule has 3 nitrogen and oxygen atoms in total. The summed E-state index contributed by atoms with van der Waals surface area (Å²) >= 11 is 7.37. The van der Waals surface area contributed by atoms with Crippen LogP contribution in [0.2, 0.25) is 5.02 Å². The van der Waals surface area contributed by atoms with Crippen LogP contribution in [0.25, 0.3) is 21.0 Å². The van der Waals surface area contributed by atoms with Crippen LogP contribution in [-0.2, 0) is 0 Å². The lowest BCUT2D eigenvalue weighted by atomic mass is 10.1. The molecule has 0 aliphatic carbocycles. The van der Waals surface area contributed by atoms with Gasteiger partial charge in [0.15, 0.2) is 5.13 Å². The van der Waals surface area contributed by atoms with Gasteiger partial charge in [-0.1, -0.05) is 47.2 Å². The highest BCUT2D eigenvalue weighted by Crippen LogP contribution is 2.43. The van der Waals surface area contributed by atoms with E-state index in [2.05, 4.69) is 4.98 Å². The molecule has 0 fully saturated rings. The number of aromatic nitrogens is 1. The summed E-state index contributed by atoms with van der Waals surface area (Å²) in [6.07, 6.45) is 0. The number of nitrogens with zero attached hydrogens (tertiary/aromatic N) is 1. The van der Waals surface area contributed by atoms with Crippen LogP contribution in [-0.4, -0.2) is 10.1 Å². The van der Waals surface area contributed by atoms with Crippen molar-refractivity contribution in [2.45, 2.75) is 0 Å². The molecule has 0 aliphatic heterocycles.